The average molecular weight is 236 g/mol. The van der Waals surface area contributed by atoms with Gasteiger partial charge in [-0.05, 0) is 30.7 Å². The van der Waals surface area contributed by atoms with E-state index < -0.39 is 0 Å². The molecule has 0 bridgehead atoms. The first-order valence-electron chi connectivity index (χ1n) is 5.86. The molecule has 1 aromatic carbocycles. The molecule has 0 atom stereocenters. The first-order valence-corrected chi connectivity index (χ1v) is 5.86. The lowest BCUT2D eigenvalue weighted by atomic mass is 10.2. The fourth-order valence-corrected chi connectivity index (χ4v) is 1.52. The number of likely N-dealkylation sites (N-methyl/N-ethyl adjacent to an activating group) is 1. The van der Waals surface area contributed by atoms with Crippen molar-refractivity contribution in [2.75, 3.05) is 20.1 Å². The van der Waals surface area contributed by atoms with Gasteiger partial charge in [-0.2, -0.15) is 0 Å². The first kappa shape index (κ1) is 13.5. The normalized spacial score (nSPS) is 10.2. The zero-order valence-electron chi connectivity index (χ0n) is 10.4. The van der Waals surface area contributed by atoms with Crippen molar-refractivity contribution in [1.29, 1.82) is 0 Å². The van der Waals surface area contributed by atoms with Gasteiger partial charge in [0, 0.05) is 13.6 Å². The van der Waals surface area contributed by atoms with Crippen molar-refractivity contribution in [2.45, 2.75) is 19.9 Å². The molecule has 1 rings (SSSR count). The number of benzene rings is 1. The quantitative estimate of drug-likeness (QED) is 0.733. The molecule has 4 heteroatoms. The van der Waals surface area contributed by atoms with Crippen LogP contribution in [0.1, 0.15) is 18.9 Å². The molecule has 94 valence electrons. The topological polar surface area (TPSA) is 52.6 Å². The second kappa shape index (κ2) is 6.91. The van der Waals surface area contributed by atoms with Crippen molar-refractivity contribution in [2.24, 2.45) is 0 Å². The molecular formula is C13H20N2O2. The van der Waals surface area contributed by atoms with Crippen molar-refractivity contribution >= 4 is 5.91 Å². The number of hydrogen-bond acceptors (Lipinski definition) is 3. The number of nitrogens with zero attached hydrogens (tertiary/aromatic N) is 1. The molecule has 1 aromatic rings. The molecule has 0 saturated carbocycles. The minimum atomic E-state index is 0.0572. The van der Waals surface area contributed by atoms with E-state index in [0.29, 0.717) is 13.1 Å². The van der Waals surface area contributed by atoms with Crippen molar-refractivity contribution in [1.82, 2.24) is 10.2 Å². The van der Waals surface area contributed by atoms with Gasteiger partial charge >= 0.3 is 0 Å². The Balaban J connectivity index is 2.43. The minimum absolute atomic E-state index is 0.0572. The average Bonchev–Trinajstić information content (AvgIpc) is 2.29. The Hall–Kier alpha value is -1.55. The lowest BCUT2D eigenvalue weighted by Crippen LogP contribution is -2.35. The zero-order valence-corrected chi connectivity index (χ0v) is 10.4. The van der Waals surface area contributed by atoms with Crippen LogP contribution in [0.5, 0.6) is 5.75 Å². The standard InChI is InChI=1S/C13H20N2O2/c1-3-7-14-9-13(17)15(2)10-11-5-4-6-12(16)8-11/h4-6,8,14,16H,3,7,9-10H2,1-2H3. The van der Waals surface area contributed by atoms with Crippen LogP contribution in [0.15, 0.2) is 24.3 Å². The Morgan fingerprint density at radius 2 is 2.24 bits per heavy atom. The maximum absolute atomic E-state index is 11.7. The highest BCUT2D eigenvalue weighted by molar-refractivity contribution is 5.77. The molecular weight excluding hydrogens is 216 g/mol. The summed E-state index contributed by atoms with van der Waals surface area (Å²) in [6, 6.07) is 6.96. The second-order valence-corrected chi connectivity index (χ2v) is 4.10. The van der Waals surface area contributed by atoms with Crippen LogP contribution in [0.4, 0.5) is 0 Å². The monoisotopic (exact) mass is 236 g/mol. The van der Waals surface area contributed by atoms with Gasteiger partial charge in [-0.15, -0.1) is 0 Å². The van der Waals surface area contributed by atoms with Crippen LogP contribution in [-0.2, 0) is 11.3 Å². The molecule has 0 fully saturated rings. The van der Waals surface area contributed by atoms with E-state index in [0.717, 1.165) is 18.5 Å². The van der Waals surface area contributed by atoms with Crippen molar-refractivity contribution in [3.63, 3.8) is 0 Å². The fraction of sp³-hybridized carbons (Fsp3) is 0.462. The molecule has 0 aliphatic rings. The van der Waals surface area contributed by atoms with E-state index >= 15 is 0 Å². The predicted molar refractivity (Wildman–Crippen MR) is 67.7 cm³/mol. The number of hydrogen-bond donors (Lipinski definition) is 2. The van der Waals surface area contributed by atoms with E-state index in [9.17, 15) is 9.90 Å². The Bertz CT molecular complexity index is 366. The maximum atomic E-state index is 11.7. The van der Waals surface area contributed by atoms with Gasteiger partial charge in [-0.1, -0.05) is 19.1 Å². The first-order chi connectivity index (χ1) is 8.13. The molecule has 0 unspecified atom stereocenters. The number of amides is 1. The second-order valence-electron chi connectivity index (χ2n) is 4.10. The van der Waals surface area contributed by atoms with Crippen molar-refractivity contribution < 1.29 is 9.90 Å². The third-order valence-electron chi connectivity index (χ3n) is 2.46. The third-order valence-corrected chi connectivity index (χ3v) is 2.46. The molecule has 2 N–H and O–H groups in total. The SMILES string of the molecule is CCCNCC(=O)N(C)Cc1cccc(O)c1. The maximum Gasteiger partial charge on any atom is 0.236 e. The number of carbonyl (C=O) groups excluding carboxylic acids is 1. The smallest absolute Gasteiger partial charge is 0.236 e. The van der Waals surface area contributed by atoms with E-state index in [1.54, 1.807) is 30.1 Å². The molecule has 0 aliphatic carbocycles. The number of carbonyl (C=O) groups is 1. The summed E-state index contributed by atoms with van der Waals surface area (Å²) in [7, 11) is 1.76. The van der Waals surface area contributed by atoms with E-state index in [4.69, 9.17) is 0 Å². The predicted octanol–water partition coefficient (Wildman–Crippen LogP) is 1.35. The molecule has 0 aliphatic heterocycles. The van der Waals surface area contributed by atoms with Crippen LogP contribution in [-0.4, -0.2) is 36.1 Å². The Kier molecular flexibility index (Phi) is 5.49. The Labute approximate surface area is 102 Å². The lowest BCUT2D eigenvalue weighted by molar-refractivity contribution is -0.129. The molecule has 0 radical (unpaired) electrons. The molecule has 0 saturated heterocycles. The van der Waals surface area contributed by atoms with Crippen LogP contribution in [0.2, 0.25) is 0 Å². The van der Waals surface area contributed by atoms with Gasteiger partial charge in [-0.25, -0.2) is 0 Å². The molecule has 0 heterocycles. The summed E-state index contributed by atoms with van der Waals surface area (Å²) in [6.07, 6.45) is 1.02. The van der Waals surface area contributed by atoms with Crippen LogP contribution in [0.3, 0.4) is 0 Å². The minimum Gasteiger partial charge on any atom is -0.508 e. The van der Waals surface area contributed by atoms with Crippen molar-refractivity contribution in [3.8, 4) is 5.75 Å². The van der Waals surface area contributed by atoms with Gasteiger partial charge in [0.05, 0.1) is 6.54 Å². The van der Waals surface area contributed by atoms with Crippen LogP contribution < -0.4 is 5.32 Å². The molecule has 4 nitrogen and oxygen atoms in total. The number of phenolic OH excluding ortho intramolecular Hbond substituents is 1. The summed E-state index contributed by atoms with van der Waals surface area (Å²) in [6.45, 7) is 3.80. The van der Waals surface area contributed by atoms with Crippen LogP contribution in [0.25, 0.3) is 0 Å². The van der Waals surface area contributed by atoms with Gasteiger partial charge in [0.1, 0.15) is 5.75 Å². The van der Waals surface area contributed by atoms with E-state index in [-0.39, 0.29) is 11.7 Å². The van der Waals surface area contributed by atoms with Gasteiger partial charge < -0.3 is 15.3 Å². The molecule has 0 aromatic heterocycles. The highest BCUT2D eigenvalue weighted by Gasteiger charge is 2.08. The highest BCUT2D eigenvalue weighted by Crippen LogP contribution is 2.12. The number of phenols is 1. The molecule has 1 amide bonds. The Morgan fingerprint density at radius 3 is 2.88 bits per heavy atom. The van der Waals surface area contributed by atoms with E-state index in [1.807, 2.05) is 6.07 Å². The lowest BCUT2D eigenvalue weighted by Gasteiger charge is -2.17. The van der Waals surface area contributed by atoms with Crippen LogP contribution in [0, 0.1) is 0 Å². The molecule has 0 spiro atoms. The van der Waals surface area contributed by atoms with Gasteiger partial charge in [0.25, 0.3) is 0 Å². The summed E-state index contributed by atoms with van der Waals surface area (Å²) in [5, 5.41) is 12.4. The third kappa shape index (κ3) is 4.87. The number of rotatable bonds is 6. The highest BCUT2D eigenvalue weighted by atomic mass is 16.3. The zero-order chi connectivity index (χ0) is 12.7. The van der Waals surface area contributed by atoms with Crippen LogP contribution >= 0.6 is 0 Å². The Morgan fingerprint density at radius 1 is 1.47 bits per heavy atom. The summed E-state index contributed by atoms with van der Waals surface area (Å²) in [5.74, 6) is 0.286. The fourth-order valence-electron chi connectivity index (χ4n) is 1.52. The number of nitrogens with one attached hydrogen (secondary N) is 1. The van der Waals surface area contributed by atoms with Gasteiger partial charge in [-0.3, -0.25) is 4.79 Å². The van der Waals surface area contributed by atoms with Gasteiger partial charge in [0.2, 0.25) is 5.91 Å². The van der Waals surface area contributed by atoms with Gasteiger partial charge in [0.15, 0.2) is 0 Å². The summed E-state index contributed by atoms with van der Waals surface area (Å²) in [5.41, 5.74) is 0.927. The van der Waals surface area contributed by atoms with Crippen molar-refractivity contribution in [3.05, 3.63) is 29.8 Å². The van der Waals surface area contributed by atoms with E-state index in [1.165, 1.54) is 0 Å². The summed E-state index contributed by atoms with van der Waals surface area (Å²) < 4.78 is 0. The molecule has 17 heavy (non-hydrogen) atoms. The summed E-state index contributed by atoms with van der Waals surface area (Å²) >= 11 is 0. The summed E-state index contributed by atoms with van der Waals surface area (Å²) in [4.78, 5) is 13.4. The largest absolute Gasteiger partial charge is 0.508 e. The number of aromatic hydroxyl groups is 1. The van der Waals surface area contributed by atoms with E-state index in [2.05, 4.69) is 12.2 Å².